The second kappa shape index (κ2) is 10.8. The van der Waals surface area contributed by atoms with E-state index in [1.807, 2.05) is 20.8 Å². The molecule has 1 aliphatic heterocycles. The number of ether oxygens (including phenoxy) is 1. The molecule has 1 aromatic carbocycles. The van der Waals surface area contributed by atoms with Gasteiger partial charge in [0, 0.05) is 34.6 Å². The third-order valence-corrected chi connectivity index (χ3v) is 8.37. The molecule has 9 heteroatoms. The smallest absolute Gasteiger partial charge is 0.410 e. The number of hydrogen-bond acceptors (Lipinski definition) is 4. The molecule has 6 nitrogen and oxygen atoms in total. The van der Waals surface area contributed by atoms with Crippen LogP contribution in [0.15, 0.2) is 32.0 Å². The largest absolute Gasteiger partial charge is 0.444 e. The summed E-state index contributed by atoms with van der Waals surface area (Å²) in [7, 11) is -3.73. The first-order chi connectivity index (χ1) is 14.0. The SMILES string of the molecule is CCCCCCN([C@@H]1CCN(C(=O)OC(C)(C)C)C1)S(=O)(=O)c1cc(Br)ccc1Br. The molecule has 0 aromatic heterocycles. The molecule has 1 atom stereocenters. The highest BCUT2D eigenvalue weighted by molar-refractivity contribution is 9.11. The van der Waals surface area contributed by atoms with Gasteiger partial charge in [-0.25, -0.2) is 13.2 Å². The van der Waals surface area contributed by atoms with Crippen LogP contribution in [0.4, 0.5) is 4.79 Å². The second-order valence-electron chi connectivity index (χ2n) is 8.62. The van der Waals surface area contributed by atoms with Crippen molar-refractivity contribution in [3.8, 4) is 0 Å². The highest BCUT2D eigenvalue weighted by Gasteiger charge is 2.38. The number of halogens is 2. The van der Waals surface area contributed by atoms with E-state index in [2.05, 4.69) is 38.8 Å². The fourth-order valence-corrected chi connectivity index (χ4v) is 6.61. The van der Waals surface area contributed by atoms with Crippen LogP contribution in [-0.4, -0.2) is 55.0 Å². The summed E-state index contributed by atoms with van der Waals surface area (Å²) in [4.78, 5) is 14.3. The quantitative estimate of drug-likeness (QED) is 0.373. The number of rotatable bonds is 8. The van der Waals surface area contributed by atoms with Crippen molar-refractivity contribution < 1.29 is 17.9 Å². The lowest BCUT2D eigenvalue weighted by Crippen LogP contribution is -2.44. The van der Waals surface area contributed by atoms with Crippen molar-refractivity contribution in [3.05, 3.63) is 27.1 Å². The summed E-state index contributed by atoms with van der Waals surface area (Å²) in [6, 6.07) is 4.89. The van der Waals surface area contributed by atoms with Crippen LogP contribution >= 0.6 is 31.9 Å². The minimum absolute atomic E-state index is 0.239. The fourth-order valence-electron chi connectivity index (χ4n) is 3.46. The molecule has 1 heterocycles. The molecule has 1 amide bonds. The zero-order valence-corrected chi connectivity index (χ0v) is 22.1. The highest BCUT2D eigenvalue weighted by Crippen LogP contribution is 2.31. The molecule has 170 valence electrons. The van der Waals surface area contributed by atoms with Crippen LogP contribution < -0.4 is 0 Å². The van der Waals surface area contributed by atoms with Gasteiger partial charge in [-0.3, -0.25) is 0 Å². The number of nitrogens with zero attached hydrogens (tertiary/aromatic N) is 2. The Morgan fingerprint density at radius 3 is 2.57 bits per heavy atom. The summed E-state index contributed by atoms with van der Waals surface area (Å²) < 4.78 is 35.5. The molecule has 0 unspecified atom stereocenters. The highest BCUT2D eigenvalue weighted by atomic mass is 79.9. The van der Waals surface area contributed by atoms with Crippen molar-refractivity contribution >= 4 is 48.0 Å². The Kier molecular flexibility index (Phi) is 9.21. The lowest BCUT2D eigenvalue weighted by atomic mass is 10.2. The Balaban J connectivity index is 2.25. The normalized spacial score (nSPS) is 17.6. The number of hydrogen-bond donors (Lipinski definition) is 0. The van der Waals surface area contributed by atoms with Crippen LogP contribution in [0.1, 0.15) is 59.8 Å². The molecule has 1 aromatic rings. The van der Waals surface area contributed by atoms with E-state index in [-0.39, 0.29) is 10.9 Å². The van der Waals surface area contributed by atoms with Crippen molar-refractivity contribution in [2.24, 2.45) is 0 Å². The fraction of sp³-hybridized carbons (Fsp3) is 0.667. The van der Waals surface area contributed by atoms with Crippen LogP contribution in [0.5, 0.6) is 0 Å². The average molecular weight is 568 g/mol. The standard InChI is InChI=1S/C21H32Br2N2O4S/c1-5-6-7-8-12-25(30(27,28)19-14-16(22)9-10-18(19)23)17-11-13-24(15-17)20(26)29-21(2,3)4/h9-10,14,17H,5-8,11-13,15H2,1-4H3/t17-/m1/s1. The van der Waals surface area contributed by atoms with Gasteiger partial charge in [0.2, 0.25) is 10.0 Å². The van der Waals surface area contributed by atoms with Crippen molar-refractivity contribution in [3.63, 3.8) is 0 Å². The van der Waals surface area contributed by atoms with E-state index in [0.29, 0.717) is 35.0 Å². The van der Waals surface area contributed by atoms with Gasteiger partial charge in [0.05, 0.1) is 4.90 Å². The van der Waals surface area contributed by atoms with Crippen LogP contribution in [0, 0.1) is 0 Å². The van der Waals surface area contributed by atoms with E-state index >= 15 is 0 Å². The van der Waals surface area contributed by atoms with E-state index in [9.17, 15) is 13.2 Å². The molecule has 1 saturated heterocycles. The predicted octanol–water partition coefficient (Wildman–Crippen LogP) is 5.79. The number of likely N-dealkylation sites (tertiary alicyclic amines) is 1. The minimum Gasteiger partial charge on any atom is -0.444 e. The van der Waals surface area contributed by atoms with Crippen LogP contribution in [-0.2, 0) is 14.8 Å². The Labute approximate surface area is 197 Å². The van der Waals surface area contributed by atoms with Gasteiger partial charge in [0.15, 0.2) is 0 Å². The van der Waals surface area contributed by atoms with Gasteiger partial charge in [-0.1, -0.05) is 42.1 Å². The van der Waals surface area contributed by atoms with Crippen molar-refractivity contribution in [1.82, 2.24) is 9.21 Å². The molecule has 0 spiro atoms. The first kappa shape index (κ1) is 25.6. The Morgan fingerprint density at radius 1 is 1.23 bits per heavy atom. The third kappa shape index (κ3) is 6.93. The van der Waals surface area contributed by atoms with Gasteiger partial charge in [-0.05, 0) is 67.7 Å². The molecule has 2 rings (SSSR count). The number of unbranched alkanes of at least 4 members (excludes halogenated alkanes) is 3. The third-order valence-electron chi connectivity index (χ3n) is 4.93. The predicted molar refractivity (Wildman–Crippen MR) is 126 cm³/mol. The Bertz CT molecular complexity index is 840. The van der Waals surface area contributed by atoms with E-state index in [1.165, 1.54) is 0 Å². The average Bonchev–Trinajstić information content (AvgIpc) is 3.12. The summed E-state index contributed by atoms with van der Waals surface area (Å²) in [5.74, 6) is 0. The second-order valence-corrected chi connectivity index (χ2v) is 12.2. The first-order valence-corrected chi connectivity index (χ1v) is 13.4. The lowest BCUT2D eigenvalue weighted by molar-refractivity contribution is 0.0286. The molecule has 0 bridgehead atoms. The molecule has 0 aliphatic carbocycles. The topological polar surface area (TPSA) is 66.9 Å². The van der Waals surface area contributed by atoms with Gasteiger partial charge >= 0.3 is 6.09 Å². The van der Waals surface area contributed by atoms with E-state index < -0.39 is 21.7 Å². The van der Waals surface area contributed by atoms with Crippen molar-refractivity contribution in [2.45, 2.75) is 76.3 Å². The minimum atomic E-state index is -3.73. The maximum Gasteiger partial charge on any atom is 0.410 e. The molecule has 30 heavy (non-hydrogen) atoms. The molecule has 1 fully saturated rings. The van der Waals surface area contributed by atoms with Crippen molar-refractivity contribution in [1.29, 1.82) is 0 Å². The Morgan fingerprint density at radius 2 is 1.93 bits per heavy atom. The molecule has 0 N–H and O–H groups in total. The van der Waals surface area contributed by atoms with E-state index in [1.54, 1.807) is 27.4 Å². The van der Waals surface area contributed by atoms with Crippen molar-refractivity contribution in [2.75, 3.05) is 19.6 Å². The summed E-state index contributed by atoms with van der Waals surface area (Å²) in [6.45, 7) is 8.87. The van der Waals surface area contributed by atoms with Gasteiger partial charge < -0.3 is 9.64 Å². The maximum absolute atomic E-state index is 13.6. The number of benzene rings is 1. The maximum atomic E-state index is 13.6. The number of sulfonamides is 1. The monoisotopic (exact) mass is 566 g/mol. The lowest BCUT2D eigenvalue weighted by Gasteiger charge is -2.29. The zero-order chi connectivity index (χ0) is 22.5. The zero-order valence-electron chi connectivity index (χ0n) is 18.2. The number of amides is 1. The van der Waals surface area contributed by atoms with Crippen LogP contribution in [0.3, 0.4) is 0 Å². The summed E-state index contributed by atoms with van der Waals surface area (Å²) in [5, 5.41) is 0. The van der Waals surface area contributed by atoms with Gasteiger partial charge in [0.25, 0.3) is 0 Å². The van der Waals surface area contributed by atoms with Crippen LogP contribution in [0.2, 0.25) is 0 Å². The van der Waals surface area contributed by atoms with Gasteiger partial charge in [0.1, 0.15) is 5.60 Å². The summed E-state index contributed by atoms with van der Waals surface area (Å²) in [5.41, 5.74) is -0.581. The Hall–Kier alpha value is -0.640. The molecular formula is C21H32Br2N2O4S. The molecule has 0 radical (unpaired) electrons. The first-order valence-electron chi connectivity index (χ1n) is 10.4. The molecule has 1 aliphatic rings. The molecule has 0 saturated carbocycles. The summed E-state index contributed by atoms with van der Waals surface area (Å²) >= 11 is 6.77. The number of carbonyl (C=O) groups excluding carboxylic acids is 1. The van der Waals surface area contributed by atoms with Crippen LogP contribution in [0.25, 0.3) is 0 Å². The molecular weight excluding hydrogens is 536 g/mol. The van der Waals surface area contributed by atoms with E-state index in [4.69, 9.17) is 4.74 Å². The van der Waals surface area contributed by atoms with Gasteiger partial charge in [-0.15, -0.1) is 0 Å². The van der Waals surface area contributed by atoms with Gasteiger partial charge in [-0.2, -0.15) is 4.31 Å². The number of carbonyl (C=O) groups is 1. The van der Waals surface area contributed by atoms with E-state index in [0.717, 1.165) is 25.7 Å². The summed E-state index contributed by atoms with van der Waals surface area (Å²) in [6.07, 6.45) is 4.13.